The number of urea groups is 1. The second-order valence-electron chi connectivity index (χ2n) is 5.61. The Bertz CT molecular complexity index is 837. The minimum absolute atomic E-state index is 0.236. The van der Waals surface area contributed by atoms with E-state index in [2.05, 4.69) is 15.4 Å². The summed E-state index contributed by atoms with van der Waals surface area (Å²) in [7, 11) is -1.60. The molecule has 2 rings (SSSR count). The van der Waals surface area contributed by atoms with Gasteiger partial charge in [-0.25, -0.2) is 17.9 Å². The summed E-state index contributed by atoms with van der Waals surface area (Å²) in [6.07, 6.45) is 1.78. The lowest BCUT2D eigenvalue weighted by Gasteiger charge is -2.09. The molecule has 0 atom stereocenters. The largest absolute Gasteiger partial charge is 0.492 e. The van der Waals surface area contributed by atoms with E-state index in [4.69, 9.17) is 4.74 Å². The number of hydrogen-bond donors (Lipinski definition) is 3. The summed E-state index contributed by atoms with van der Waals surface area (Å²) < 4.78 is 30.3. The first kappa shape index (κ1) is 19.0. The molecule has 0 unspecified atom stereocenters. The highest BCUT2D eigenvalue weighted by Crippen LogP contribution is 2.22. The van der Waals surface area contributed by atoms with Crippen LogP contribution in [0.25, 0.3) is 10.8 Å². The van der Waals surface area contributed by atoms with Gasteiger partial charge in [0.05, 0.1) is 12.8 Å². The lowest BCUT2D eigenvalue weighted by atomic mass is 10.0. The van der Waals surface area contributed by atoms with Crippen LogP contribution in [0, 0.1) is 0 Å². The molecule has 2 amide bonds. The first-order valence-electron chi connectivity index (χ1n) is 7.93. The Kier molecular flexibility index (Phi) is 6.60. The third-order valence-corrected chi connectivity index (χ3v) is 4.27. The summed E-state index contributed by atoms with van der Waals surface area (Å²) in [5, 5.41) is 7.23. The molecular weight excluding hydrogens is 342 g/mol. The molecule has 0 radical (unpaired) electrons. The lowest BCUT2D eigenvalue weighted by molar-refractivity contribution is 0.238. The zero-order chi connectivity index (χ0) is 18.3. The topological polar surface area (TPSA) is 96.5 Å². The van der Waals surface area contributed by atoms with Crippen LogP contribution in [0.5, 0.6) is 5.75 Å². The molecule has 0 aromatic heterocycles. The summed E-state index contributed by atoms with van der Waals surface area (Å²) in [4.78, 5) is 11.0. The van der Waals surface area contributed by atoms with E-state index in [0.717, 1.165) is 28.3 Å². The molecule has 2 aromatic carbocycles. The van der Waals surface area contributed by atoms with Crippen LogP contribution in [0.3, 0.4) is 0 Å². The molecule has 0 bridgehead atoms. The van der Waals surface area contributed by atoms with E-state index in [9.17, 15) is 13.2 Å². The molecule has 3 N–H and O–H groups in total. The van der Waals surface area contributed by atoms with Crippen molar-refractivity contribution in [1.29, 1.82) is 0 Å². The number of carbonyl (C=O) groups is 1. The molecule has 0 heterocycles. The van der Waals surface area contributed by atoms with Gasteiger partial charge in [0.2, 0.25) is 10.0 Å². The number of nitrogens with one attached hydrogen (secondary N) is 3. The molecule has 0 saturated heterocycles. The fourth-order valence-corrected chi connectivity index (χ4v) is 2.79. The monoisotopic (exact) mass is 365 g/mol. The summed E-state index contributed by atoms with van der Waals surface area (Å²) in [5.74, 6) is 0.734. The predicted octanol–water partition coefficient (Wildman–Crippen LogP) is 1.24. The molecule has 0 spiro atoms. The number of fused-ring (bicyclic) bond motifs is 1. The van der Waals surface area contributed by atoms with Gasteiger partial charge < -0.3 is 15.4 Å². The van der Waals surface area contributed by atoms with Gasteiger partial charge in [-0.1, -0.05) is 24.3 Å². The zero-order valence-corrected chi connectivity index (χ0v) is 15.2. The smallest absolute Gasteiger partial charge is 0.314 e. The van der Waals surface area contributed by atoms with E-state index < -0.39 is 10.0 Å². The van der Waals surface area contributed by atoms with Gasteiger partial charge in [0.25, 0.3) is 0 Å². The molecule has 0 aliphatic rings. The zero-order valence-electron chi connectivity index (χ0n) is 14.3. The van der Waals surface area contributed by atoms with Gasteiger partial charge in [0.1, 0.15) is 12.4 Å². The van der Waals surface area contributed by atoms with Gasteiger partial charge >= 0.3 is 6.03 Å². The standard InChI is InChI=1S/C17H23N3O4S/c1-18-17(21)19-9-10-24-16-6-5-14-11-13(3-4-15(14)12-16)7-8-20-25(2,22)23/h3-6,11-12,20H,7-10H2,1-2H3,(H2,18,19,21). The van der Waals surface area contributed by atoms with Crippen molar-refractivity contribution in [2.24, 2.45) is 0 Å². The van der Waals surface area contributed by atoms with E-state index >= 15 is 0 Å². The number of ether oxygens (including phenoxy) is 1. The SMILES string of the molecule is CNC(=O)NCCOc1ccc2cc(CCNS(C)(=O)=O)ccc2c1. The molecule has 8 heteroatoms. The molecular formula is C17H23N3O4S. The summed E-state index contributed by atoms with van der Waals surface area (Å²) in [6.45, 7) is 1.18. The minimum atomic E-state index is -3.16. The lowest BCUT2D eigenvalue weighted by Crippen LogP contribution is -2.35. The van der Waals surface area contributed by atoms with Gasteiger partial charge in [-0.3, -0.25) is 0 Å². The third kappa shape index (κ3) is 6.60. The van der Waals surface area contributed by atoms with Crippen LogP contribution in [-0.4, -0.2) is 47.4 Å². The van der Waals surface area contributed by atoms with Crippen molar-refractivity contribution in [3.8, 4) is 5.75 Å². The Balaban J connectivity index is 1.92. The molecule has 136 valence electrons. The number of hydrogen-bond acceptors (Lipinski definition) is 4. The third-order valence-electron chi connectivity index (χ3n) is 3.54. The summed E-state index contributed by atoms with van der Waals surface area (Å²) in [5.41, 5.74) is 1.06. The molecule has 0 fully saturated rings. The fraction of sp³-hybridized carbons (Fsp3) is 0.353. The Labute approximate surface area is 147 Å². The molecule has 0 aliphatic carbocycles. The normalized spacial score (nSPS) is 11.3. The van der Waals surface area contributed by atoms with E-state index in [1.54, 1.807) is 7.05 Å². The maximum atomic E-state index is 11.1. The molecule has 0 saturated carbocycles. The number of sulfonamides is 1. The van der Waals surface area contributed by atoms with Crippen molar-refractivity contribution >= 4 is 26.8 Å². The number of carbonyl (C=O) groups excluding carboxylic acids is 1. The highest BCUT2D eigenvalue weighted by molar-refractivity contribution is 7.88. The second-order valence-corrected chi connectivity index (χ2v) is 7.45. The van der Waals surface area contributed by atoms with Crippen LogP contribution in [0.15, 0.2) is 36.4 Å². The maximum absolute atomic E-state index is 11.1. The van der Waals surface area contributed by atoms with Crippen LogP contribution < -0.4 is 20.1 Å². The van der Waals surface area contributed by atoms with Gasteiger partial charge in [0.15, 0.2) is 0 Å². The van der Waals surface area contributed by atoms with E-state index in [1.807, 2.05) is 36.4 Å². The van der Waals surface area contributed by atoms with Crippen molar-refractivity contribution in [3.63, 3.8) is 0 Å². The molecule has 2 aromatic rings. The number of rotatable bonds is 8. The van der Waals surface area contributed by atoms with Gasteiger partial charge in [-0.05, 0) is 34.9 Å². The Morgan fingerprint density at radius 1 is 1.08 bits per heavy atom. The van der Waals surface area contributed by atoms with Crippen molar-refractivity contribution < 1.29 is 17.9 Å². The molecule has 25 heavy (non-hydrogen) atoms. The van der Waals surface area contributed by atoms with Crippen LogP contribution in [0.2, 0.25) is 0 Å². The average Bonchev–Trinajstić information content (AvgIpc) is 2.57. The van der Waals surface area contributed by atoms with Crippen molar-refractivity contribution in [2.75, 3.05) is 33.0 Å². The van der Waals surface area contributed by atoms with Crippen LogP contribution in [0.1, 0.15) is 5.56 Å². The summed E-state index contributed by atoms with van der Waals surface area (Å²) >= 11 is 0. The first-order valence-corrected chi connectivity index (χ1v) is 9.82. The second kappa shape index (κ2) is 8.68. The molecule has 0 aliphatic heterocycles. The highest BCUT2D eigenvalue weighted by Gasteiger charge is 2.03. The van der Waals surface area contributed by atoms with Crippen molar-refractivity contribution in [2.45, 2.75) is 6.42 Å². The van der Waals surface area contributed by atoms with E-state index in [0.29, 0.717) is 26.1 Å². The minimum Gasteiger partial charge on any atom is -0.492 e. The van der Waals surface area contributed by atoms with Gasteiger partial charge in [-0.15, -0.1) is 0 Å². The quantitative estimate of drug-likeness (QED) is 0.613. The van der Waals surface area contributed by atoms with E-state index in [-0.39, 0.29) is 6.03 Å². The van der Waals surface area contributed by atoms with Crippen LogP contribution in [-0.2, 0) is 16.4 Å². The van der Waals surface area contributed by atoms with Crippen molar-refractivity contribution in [1.82, 2.24) is 15.4 Å². The first-order chi connectivity index (χ1) is 11.9. The Hall–Kier alpha value is -2.32. The van der Waals surface area contributed by atoms with Crippen LogP contribution >= 0.6 is 0 Å². The van der Waals surface area contributed by atoms with Crippen molar-refractivity contribution in [3.05, 3.63) is 42.0 Å². The predicted molar refractivity (Wildman–Crippen MR) is 98.5 cm³/mol. The van der Waals surface area contributed by atoms with E-state index in [1.165, 1.54) is 0 Å². The summed E-state index contributed by atoms with van der Waals surface area (Å²) in [6, 6.07) is 11.5. The Morgan fingerprint density at radius 2 is 1.80 bits per heavy atom. The van der Waals surface area contributed by atoms with Gasteiger partial charge in [0, 0.05) is 13.6 Å². The van der Waals surface area contributed by atoms with Crippen LogP contribution in [0.4, 0.5) is 4.79 Å². The highest BCUT2D eigenvalue weighted by atomic mass is 32.2. The number of amides is 2. The molecule has 7 nitrogen and oxygen atoms in total. The fourth-order valence-electron chi connectivity index (χ4n) is 2.32. The number of benzene rings is 2. The average molecular weight is 365 g/mol. The Morgan fingerprint density at radius 3 is 2.52 bits per heavy atom. The maximum Gasteiger partial charge on any atom is 0.314 e. The van der Waals surface area contributed by atoms with Gasteiger partial charge in [-0.2, -0.15) is 0 Å².